The molecule has 0 bridgehead atoms. The Morgan fingerprint density at radius 3 is 2.78 bits per heavy atom. The van der Waals surface area contributed by atoms with Crippen LogP contribution in [0.25, 0.3) is 0 Å². The van der Waals surface area contributed by atoms with E-state index < -0.39 is 0 Å². The summed E-state index contributed by atoms with van der Waals surface area (Å²) in [5.41, 5.74) is 6.64. The summed E-state index contributed by atoms with van der Waals surface area (Å²) in [5, 5.41) is 0.527. The number of rotatable bonds is 4. The topological polar surface area (TPSA) is 75.9 Å². The van der Waals surface area contributed by atoms with Gasteiger partial charge in [-0.3, -0.25) is 9.59 Å². The van der Waals surface area contributed by atoms with Crippen molar-refractivity contribution in [1.82, 2.24) is 4.90 Å². The number of piperidine rings is 1. The number of halogens is 2. The third-order valence-corrected chi connectivity index (χ3v) is 5.65. The monoisotopic (exact) mass is 415 g/mol. The first-order valence-electron chi connectivity index (χ1n) is 9.09. The maximum absolute atomic E-state index is 13.0. The number of benzene rings is 1. The minimum absolute atomic E-state index is 0. The van der Waals surface area contributed by atoms with Gasteiger partial charge in [0, 0.05) is 37.1 Å². The van der Waals surface area contributed by atoms with Gasteiger partial charge in [0.05, 0.1) is 18.7 Å². The standard InChI is InChI=1S/C19H26ClN3O3.ClH/c1-12(21)13-4-3-7-22(10-13)19(25)14-8-18(24)23(11-14)16-9-15(20)5-6-17(16)26-2;/h5-6,9,12-14H,3-4,7-8,10-11,21H2,1-2H3;1H. The number of anilines is 1. The molecule has 0 aromatic heterocycles. The molecule has 0 aliphatic carbocycles. The highest BCUT2D eigenvalue weighted by molar-refractivity contribution is 6.31. The predicted molar refractivity (Wildman–Crippen MR) is 109 cm³/mol. The first-order valence-corrected chi connectivity index (χ1v) is 9.46. The lowest BCUT2D eigenvalue weighted by Gasteiger charge is -2.35. The third-order valence-electron chi connectivity index (χ3n) is 5.42. The van der Waals surface area contributed by atoms with Gasteiger partial charge in [0.1, 0.15) is 5.75 Å². The Morgan fingerprint density at radius 2 is 2.11 bits per heavy atom. The molecule has 2 saturated heterocycles. The van der Waals surface area contributed by atoms with E-state index in [4.69, 9.17) is 22.1 Å². The molecule has 0 saturated carbocycles. The van der Waals surface area contributed by atoms with Gasteiger partial charge < -0.3 is 20.3 Å². The number of methoxy groups -OCH3 is 1. The van der Waals surface area contributed by atoms with Crippen LogP contribution in [0.5, 0.6) is 5.75 Å². The highest BCUT2D eigenvalue weighted by atomic mass is 35.5. The molecular formula is C19H27Cl2N3O3. The van der Waals surface area contributed by atoms with E-state index in [0.717, 1.165) is 19.4 Å². The average molecular weight is 416 g/mol. The van der Waals surface area contributed by atoms with Crippen molar-refractivity contribution in [3.8, 4) is 5.75 Å². The van der Waals surface area contributed by atoms with E-state index in [9.17, 15) is 9.59 Å². The molecular weight excluding hydrogens is 389 g/mol. The van der Waals surface area contributed by atoms with Crippen molar-refractivity contribution < 1.29 is 14.3 Å². The van der Waals surface area contributed by atoms with Gasteiger partial charge in [-0.15, -0.1) is 12.4 Å². The van der Waals surface area contributed by atoms with Crippen molar-refractivity contribution in [2.45, 2.75) is 32.2 Å². The summed E-state index contributed by atoms with van der Waals surface area (Å²) in [5.74, 6) is 0.537. The Hall–Kier alpha value is -1.50. The van der Waals surface area contributed by atoms with Crippen molar-refractivity contribution in [1.29, 1.82) is 0 Å². The first-order chi connectivity index (χ1) is 12.4. The Balaban J connectivity index is 0.00000261. The molecule has 2 aliphatic rings. The van der Waals surface area contributed by atoms with Gasteiger partial charge in [-0.1, -0.05) is 11.6 Å². The molecule has 3 unspecified atom stereocenters. The smallest absolute Gasteiger partial charge is 0.228 e. The number of nitrogens with two attached hydrogens (primary N) is 1. The van der Waals surface area contributed by atoms with Crippen LogP contribution in [-0.2, 0) is 9.59 Å². The fourth-order valence-corrected chi connectivity index (χ4v) is 4.04. The molecule has 2 amide bonds. The van der Waals surface area contributed by atoms with E-state index in [0.29, 0.717) is 35.5 Å². The second-order valence-corrected chi connectivity index (χ2v) is 7.70. The maximum Gasteiger partial charge on any atom is 0.228 e. The molecule has 27 heavy (non-hydrogen) atoms. The van der Waals surface area contributed by atoms with Crippen LogP contribution in [0.4, 0.5) is 5.69 Å². The number of likely N-dealkylation sites (tertiary alicyclic amines) is 1. The number of ether oxygens (including phenoxy) is 1. The Bertz CT molecular complexity index is 699. The Labute approximate surface area is 171 Å². The van der Waals surface area contributed by atoms with Crippen LogP contribution in [0.15, 0.2) is 18.2 Å². The summed E-state index contributed by atoms with van der Waals surface area (Å²) >= 11 is 6.09. The summed E-state index contributed by atoms with van der Waals surface area (Å²) < 4.78 is 5.35. The van der Waals surface area contributed by atoms with Crippen LogP contribution in [0.2, 0.25) is 5.02 Å². The number of carbonyl (C=O) groups excluding carboxylic acids is 2. The minimum Gasteiger partial charge on any atom is -0.495 e. The fraction of sp³-hybridized carbons (Fsp3) is 0.579. The van der Waals surface area contributed by atoms with Crippen LogP contribution in [0.3, 0.4) is 0 Å². The molecule has 150 valence electrons. The Kier molecular flexibility index (Phi) is 7.37. The molecule has 6 nitrogen and oxygen atoms in total. The van der Waals surface area contributed by atoms with Gasteiger partial charge in [-0.25, -0.2) is 0 Å². The molecule has 1 aromatic carbocycles. The fourth-order valence-electron chi connectivity index (χ4n) is 3.88. The second-order valence-electron chi connectivity index (χ2n) is 7.27. The highest BCUT2D eigenvalue weighted by Gasteiger charge is 2.39. The van der Waals surface area contributed by atoms with Gasteiger partial charge >= 0.3 is 0 Å². The van der Waals surface area contributed by atoms with Crippen LogP contribution in [0, 0.1) is 11.8 Å². The zero-order chi connectivity index (χ0) is 18.8. The lowest BCUT2D eigenvalue weighted by Crippen LogP contribution is -2.47. The SMILES string of the molecule is COc1ccc(Cl)cc1N1CC(C(=O)N2CCCC(C(C)N)C2)CC1=O.Cl. The van der Waals surface area contributed by atoms with Crippen molar-refractivity contribution in [3.63, 3.8) is 0 Å². The van der Waals surface area contributed by atoms with Crippen molar-refractivity contribution >= 4 is 41.5 Å². The van der Waals surface area contributed by atoms with E-state index >= 15 is 0 Å². The summed E-state index contributed by atoms with van der Waals surface area (Å²) in [7, 11) is 1.55. The van der Waals surface area contributed by atoms with Gasteiger partial charge in [0.25, 0.3) is 0 Å². The van der Waals surface area contributed by atoms with Gasteiger partial charge in [0.15, 0.2) is 0 Å². The number of hydrogen-bond donors (Lipinski definition) is 1. The maximum atomic E-state index is 13.0. The summed E-state index contributed by atoms with van der Waals surface area (Å²) in [6.45, 7) is 3.77. The van der Waals surface area contributed by atoms with E-state index in [2.05, 4.69) is 0 Å². The quantitative estimate of drug-likeness (QED) is 0.819. The molecule has 2 N–H and O–H groups in total. The molecule has 0 spiro atoms. The Morgan fingerprint density at radius 1 is 1.37 bits per heavy atom. The largest absolute Gasteiger partial charge is 0.495 e. The zero-order valence-electron chi connectivity index (χ0n) is 15.7. The van der Waals surface area contributed by atoms with Gasteiger partial charge in [0.2, 0.25) is 11.8 Å². The summed E-state index contributed by atoms with van der Waals surface area (Å²) in [6, 6.07) is 5.23. The lowest BCUT2D eigenvalue weighted by molar-refractivity contribution is -0.137. The number of nitrogens with zero attached hydrogens (tertiary/aromatic N) is 2. The number of amides is 2. The van der Waals surface area contributed by atoms with Gasteiger partial charge in [-0.2, -0.15) is 0 Å². The van der Waals surface area contributed by atoms with Crippen molar-refractivity contribution in [3.05, 3.63) is 23.2 Å². The molecule has 1 aromatic rings. The molecule has 3 rings (SSSR count). The van der Waals surface area contributed by atoms with Crippen LogP contribution >= 0.6 is 24.0 Å². The normalized spacial score (nSPS) is 23.8. The number of carbonyl (C=O) groups is 2. The first kappa shape index (κ1) is 21.8. The van der Waals surface area contributed by atoms with E-state index in [1.54, 1.807) is 30.2 Å². The van der Waals surface area contributed by atoms with Crippen LogP contribution < -0.4 is 15.4 Å². The average Bonchev–Trinajstić information content (AvgIpc) is 3.02. The molecule has 2 aliphatic heterocycles. The predicted octanol–water partition coefficient (Wildman–Crippen LogP) is 2.71. The molecule has 0 radical (unpaired) electrons. The highest BCUT2D eigenvalue weighted by Crippen LogP contribution is 2.36. The van der Waals surface area contributed by atoms with Crippen LogP contribution in [-0.4, -0.2) is 49.5 Å². The molecule has 3 atom stereocenters. The number of hydrogen-bond acceptors (Lipinski definition) is 4. The molecule has 2 fully saturated rings. The van der Waals surface area contributed by atoms with E-state index in [1.165, 1.54) is 0 Å². The molecule has 8 heteroatoms. The van der Waals surface area contributed by atoms with E-state index in [-0.39, 0.29) is 42.6 Å². The second kappa shape index (κ2) is 9.13. The van der Waals surface area contributed by atoms with Gasteiger partial charge in [-0.05, 0) is 43.9 Å². The molecule has 2 heterocycles. The van der Waals surface area contributed by atoms with Crippen molar-refractivity contribution in [2.75, 3.05) is 31.6 Å². The van der Waals surface area contributed by atoms with Crippen molar-refractivity contribution in [2.24, 2.45) is 17.6 Å². The minimum atomic E-state index is -0.335. The van der Waals surface area contributed by atoms with E-state index in [1.807, 2.05) is 11.8 Å². The summed E-state index contributed by atoms with van der Waals surface area (Å²) in [6.07, 6.45) is 2.23. The van der Waals surface area contributed by atoms with Crippen LogP contribution in [0.1, 0.15) is 26.2 Å². The summed E-state index contributed by atoms with van der Waals surface area (Å²) in [4.78, 5) is 29.0. The lowest BCUT2D eigenvalue weighted by atomic mass is 9.91. The third kappa shape index (κ3) is 4.68. The zero-order valence-corrected chi connectivity index (χ0v) is 17.3.